The Morgan fingerprint density at radius 2 is 2.05 bits per heavy atom. The van der Waals surface area contributed by atoms with E-state index in [-0.39, 0.29) is 5.91 Å². The van der Waals surface area contributed by atoms with Gasteiger partial charge in [0.25, 0.3) is 0 Å². The third-order valence-electron chi connectivity index (χ3n) is 2.70. The van der Waals surface area contributed by atoms with Crippen molar-refractivity contribution in [2.75, 3.05) is 11.2 Å². The molecule has 0 fully saturated rings. The number of carbonyl (C=O) groups is 1. The van der Waals surface area contributed by atoms with Gasteiger partial charge in [0.15, 0.2) is 5.13 Å². The number of aromatic nitrogens is 1. The second-order valence-corrected chi connectivity index (χ2v) is 6.29. The summed E-state index contributed by atoms with van der Waals surface area (Å²) in [5.74, 6) is 0.433. The number of rotatable bonds is 5. The van der Waals surface area contributed by atoms with Gasteiger partial charge >= 0.3 is 0 Å². The number of alkyl halides is 1. The van der Waals surface area contributed by atoms with Crippen molar-refractivity contribution in [3.05, 3.63) is 34.2 Å². The lowest BCUT2D eigenvalue weighted by atomic mass is 10.1. The number of aryl methyl sites for hydroxylation is 1. The standard InChI is InChI=1S/C14H14Cl2N2OS/c1-9-13(10-4-6-11(16)7-5-10)18-14(20-9)17-12(19)3-2-8-15/h4-7H,2-3,8H2,1H3,(H,17,18,19). The Hall–Kier alpha value is -1.10. The normalized spacial score (nSPS) is 10.6. The number of nitrogens with zero attached hydrogens (tertiary/aromatic N) is 1. The lowest BCUT2D eigenvalue weighted by Gasteiger charge is -2.00. The largest absolute Gasteiger partial charge is 0.302 e. The minimum atomic E-state index is -0.0537. The van der Waals surface area contributed by atoms with Crippen LogP contribution in [0, 0.1) is 6.92 Å². The van der Waals surface area contributed by atoms with Gasteiger partial charge in [0, 0.05) is 27.8 Å². The molecule has 0 aliphatic carbocycles. The molecule has 0 saturated heterocycles. The van der Waals surface area contributed by atoms with Gasteiger partial charge in [-0.1, -0.05) is 23.7 Å². The van der Waals surface area contributed by atoms with E-state index >= 15 is 0 Å². The average molecular weight is 329 g/mol. The minimum Gasteiger partial charge on any atom is -0.302 e. The van der Waals surface area contributed by atoms with Gasteiger partial charge in [0.2, 0.25) is 5.91 Å². The van der Waals surface area contributed by atoms with E-state index < -0.39 is 0 Å². The Morgan fingerprint density at radius 3 is 2.70 bits per heavy atom. The summed E-state index contributed by atoms with van der Waals surface area (Å²) in [6.45, 7) is 1.98. The summed E-state index contributed by atoms with van der Waals surface area (Å²) in [5, 5.41) is 4.11. The summed E-state index contributed by atoms with van der Waals surface area (Å²) in [6.07, 6.45) is 1.08. The first-order chi connectivity index (χ1) is 9.60. The predicted molar refractivity (Wildman–Crippen MR) is 85.9 cm³/mol. The van der Waals surface area contributed by atoms with E-state index in [0.717, 1.165) is 16.1 Å². The van der Waals surface area contributed by atoms with Gasteiger partial charge in [0.05, 0.1) is 5.69 Å². The summed E-state index contributed by atoms with van der Waals surface area (Å²) in [6, 6.07) is 7.50. The van der Waals surface area contributed by atoms with E-state index in [1.807, 2.05) is 31.2 Å². The number of thiazole rings is 1. The van der Waals surface area contributed by atoms with Gasteiger partial charge in [-0.3, -0.25) is 4.79 Å². The minimum absolute atomic E-state index is 0.0537. The zero-order valence-electron chi connectivity index (χ0n) is 11.0. The molecule has 0 aliphatic heterocycles. The van der Waals surface area contributed by atoms with Crippen LogP contribution in [0.25, 0.3) is 11.3 Å². The first-order valence-electron chi connectivity index (χ1n) is 6.19. The zero-order valence-corrected chi connectivity index (χ0v) is 13.3. The number of amides is 1. The number of carbonyl (C=O) groups excluding carboxylic acids is 1. The third kappa shape index (κ3) is 3.95. The topological polar surface area (TPSA) is 42.0 Å². The molecule has 0 aliphatic rings. The molecule has 1 aromatic heterocycles. The molecule has 0 radical (unpaired) electrons. The number of anilines is 1. The first-order valence-corrected chi connectivity index (χ1v) is 7.92. The maximum absolute atomic E-state index is 11.7. The first kappa shape index (κ1) is 15.3. The average Bonchev–Trinajstić information content (AvgIpc) is 2.78. The van der Waals surface area contributed by atoms with Gasteiger partial charge in [-0.25, -0.2) is 4.98 Å². The van der Waals surface area contributed by atoms with Crippen LogP contribution < -0.4 is 5.32 Å². The summed E-state index contributed by atoms with van der Waals surface area (Å²) in [7, 11) is 0. The van der Waals surface area contributed by atoms with Crippen molar-refractivity contribution < 1.29 is 4.79 Å². The van der Waals surface area contributed by atoms with Crippen LogP contribution in [0.5, 0.6) is 0 Å². The molecule has 1 amide bonds. The number of hydrogen-bond donors (Lipinski definition) is 1. The third-order valence-corrected chi connectivity index (χ3v) is 4.10. The van der Waals surface area contributed by atoms with E-state index in [0.29, 0.717) is 28.9 Å². The number of nitrogens with one attached hydrogen (secondary N) is 1. The molecule has 0 bridgehead atoms. The van der Waals surface area contributed by atoms with Crippen molar-refractivity contribution in [3.8, 4) is 11.3 Å². The van der Waals surface area contributed by atoms with Gasteiger partial charge < -0.3 is 5.32 Å². The van der Waals surface area contributed by atoms with Crippen LogP contribution in [0.2, 0.25) is 5.02 Å². The summed E-state index contributed by atoms with van der Waals surface area (Å²) in [4.78, 5) is 17.2. The molecule has 0 unspecified atom stereocenters. The van der Waals surface area contributed by atoms with Gasteiger partial charge in [0.1, 0.15) is 0 Å². The van der Waals surface area contributed by atoms with E-state index in [1.54, 1.807) is 0 Å². The maximum atomic E-state index is 11.7. The second-order valence-electron chi connectivity index (χ2n) is 4.27. The highest BCUT2D eigenvalue weighted by molar-refractivity contribution is 7.16. The van der Waals surface area contributed by atoms with Crippen LogP contribution >= 0.6 is 34.5 Å². The SMILES string of the molecule is Cc1sc(NC(=O)CCCCl)nc1-c1ccc(Cl)cc1. The fraction of sp³-hybridized carbons (Fsp3) is 0.286. The van der Waals surface area contributed by atoms with Crippen molar-refractivity contribution in [2.45, 2.75) is 19.8 Å². The van der Waals surface area contributed by atoms with Gasteiger partial charge in [-0.05, 0) is 25.5 Å². The molecule has 0 atom stereocenters. The molecular weight excluding hydrogens is 315 g/mol. The Balaban J connectivity index is 2.13. The quantitative estimate of drug-likeness (QED) is 0.806. The summed E-state index contributed by atoms with van der Waals surface area (Å²) < 4.78 is 0. The molecule has 1 heterocycles. The molecule has 6 heteroatoms. The van der Waals surface area contributed by atoms with Crippen molar-refractivity contribution in [1.29, 1.82) is 0 Å². The fourth-order valence-electron chi connectivity index (χ4n) is 1.73. The van der Waals surface area contributed by atoms with Crippen LogP contribution in [0.3, 0.4) is 0 Å². The molecule has 3 nitrogen and oxygen atoms in total. The molecular formula is C14H14Cl2N2OS. The summed E-state index contributed by atoms with van der Waals surface area (Å²) in [5.41, 5.74) is 1.86. The smallest absolute Gasteiger partial charge is 0.226 e. The lowest BCUT2D eigenvalue weighted by molar-refractivity contribution is -0.116. The number of hydrogen-bond acceptors (Lipinski definition) is 3. The molecule has 1 N–H and O–H groups in total. The highest BCUT2D eigenvalue weighted by Gasteiger charge is 2.11. The molecule has 1 aromatic carbocycles. The highest BCUT2D eigenvalue weighted by atomic mass is 35.5. The number of benzene rings is 1. The monoisotopic (exact) mass is 328 g/mol. The highest BCUT2D eigenvalue weighted by Crippen LogP contribution is 2.31. The lowest BCUT2D eigenvalue weighted by Crippen LogP contribution is -2.10. The van der Waals surface area contributed by atoms with Crippen LogP contribution in [0.15, 0.2) is 24.3 Å². The van der Waals surface area contributed by atoms with E-state index in [4.69, 9.17) is 23.2 Å². The molecule has 20 heavy (non-hydrogen) atoms. The Kier molecular flexibility index (Phi) is 5.40. The molecule has 0 saturated carbocycles. The second kappa shape index (κ2) is 7.07. The van der Waals surface area contributed by atoms with Crippen molar-refractivity contribution in [2.24, 2.45) is 0 Å². The van der Waals surface area contributed by atoms with Crippen LogP contribution in [-0.2, 0) is 4.79 Å². The zero-order chi connectivity index (χ0) is 14.5. The Bertz CT molecular complexity index is 596. The van der Waals surface area contributed by atoms with E-state index in [9.17, 15) is 4.79 Å². The van der Waals surface area contributed by atoms with Crippen LogP contribution in [0.4, 0.5) is 5.13 Å². The predicted octanol–water partition coefficient (Wildman–Crippen LogP) is 4.73. The van der Waals surface area contributed by atoms with Gasteiger partial charge in [-0.2, -0.15) is 0 Å². The Morgan fingerprint density at radius 1 is 1.35 bits per heavy atom. The number of halogens is 2. The molecule has 2 rings (SSSR count). The van der Waals surface area contributed by atoms with Gasteiger partial charge in [-0.15, -0.1) is 22.9 Å². The van der Waals surface area contributed by atoms with Crippen molar-refractivity contribution in [1.82, 2.24) is 4.98 Å². The Labute approximate surface area is 131 Å². The van der Waals surface area contributed by atoms with E-state index in [1.165, 1.54) is 11.3 Å². The van der Waals surface area contributed by atoms with E-state index in [2.05, 4.69) is 10.3 Å². The summed E-state index contributed by atoms with van der Waals surface area (Å²) >= 11 is 12.9. The van der Waals surface area contributed by atoms with Crippen LogP contribution in [0.1, 0.15) is 17.7 Å². The maximum Gasteiger partial charge on any atom is 0.226 e. The van der Waals surface area contributed by atoms with Crippen molar-refractivity contribution >= 4 is 45.6 Å². The fourth-order valence-corrected chi connectivity index (χ4v) is 2.85. The molecule has 106 valence electrons. The molecule has 0 spiro atoms. The van der Waals surface area contributed by atoms with Crippen LogP contribution in [-0.4, -0.2) is 16.8 Å². The molecule has 2 aromatic rings. The van der Waals surface area contributed by atoms with Crippen molar-refractivity contribution in [3.63, 3.8) is 0 Å².